The number of nitrogens with zero attached hydrogens (tertiary/aromatic N) is 1. The molecule has 0 amide bonds. The van der Waals surface area contributed by atoms with E-state index in [9.17, 15) is 0 Å². The van der Waals surface area contributed by atoms with Crippen molar-refractivity contribution in [3.05, 3.63) is 5.56 Å². The molecule has 0 unspecified atom stereocenters. The van der Waals surface area contributed by atoms with Gasteiger partial charge in [-0.1, -0.05) is 0 Å². The van der Waals surface area contributed by atoms with Crippen LogP contribution in [0.4, 0.5) is 5.69 Å². The lowest BCUT2D eigenvalue weighted by Gasteiger charge is -2.29. The maximum atomic E-state index is 5.93. The molecule has 0 bridgehead atoms. The number of anilines is 1. The first-order valence-electron chi connectivity index (χ1n) is 9.38. The quantitative estimate of drug-likeness (QED) is 0.479. The van der Waals surface area contributed by atoms with Gasteiger partial charge < -0.3 is 18.9 Å². The first kappa shape index (κ1) is 22.2. The Morgan fingerprint density at radius 3 is 1.19 bits per heavy atom. The lowest BCUT2D eigenvalue weighted by atomic mass is 10.1. The smallest absolute Gasteiger partial charge is 0.194 e. The molecule has 1 aromatic rings. The van der Waals surface area contributed by atoms with Crippen LogP contribution in [0.15, 0.2) is 0 Å². The molecule has 7 heteroatoms. The molecule has 150 valence electrons. The average molecular weight is 371 g/mol. The fourth-order valence-electron chi connectivity index (χ4n) is 2.52. The van der Waals surface area contributed by atoms with E-state index in [4.69, 9.17) is 28.6 Å². The summed E-state index contributed by atoms with van der Waals surface area (Å²) in [7, 11) is 0. The van der Waals surface area contributed by atoms with Gasteiger partial charge in [0.1, 0.15) is 0 Å². The van der Waals surface area contributed by atoms with Crippen molar-refractivity contribution in [1.29, 1.82) is 0 Å². The average Bonchev–Trinajstić information content (AvgIpc) is 2.62. The van der Waals surface area contributed by atoms with Gasteiger partial charge in [-0.3, -0.25) is 0 Å². The molecule has 0 heterocycles. The van der Waals surface area contributed by atoms with Gasteiger partial charge in [0.15, 0.2) is 28.7 Å². The van der Waals surface area contributed by atoms with Crippen molar-refractivity contribution >= 4 is 5.69 Å². The lowest BCUT2D eigenvalue weighted by Crippen LogP contribution is -2.26. The minimum atomic E-state index is 0.416. The highest BCUT2D eigenvalue weighted by atomic mass is 16.9. The Balaban J connectivity index is 3.80. The third-order valence-corrected chi connectivity index (χ3v) is 3.35. The molecule has 0 N–H and O–H groups in total. The fraction of sp³-hybridized carbons (Fsp3) is 0.684. The van der Waals surface area contributed by atoms with Gasteiger partial charge in [0.05, 0.1) is 39.6 Å². The second-order valence-electron chi connectivity index (χ2n) is 5.11. The van der Waals surface area contributed by atoms with Gasteiger partial charge in [0.2, 0.25) is 0 Å². The normalized spacial score (nSPS) is 10.6. The van der Waals surface area contributed by atoms with Gasteiger partial charge in [-0.05, 0) is 48.5 Å². The van der Waals surface area contributed by atoms with Crippen LogP contribution in [0.25, 0.3) is 0 Å². The van der Waals surface area contributed by atoms with Crippen molar-refractivity contribution in [2.24, 2.45) is 0 Å². The first-order valence-corrected chi connectivity index (χ1v) is 9.38. The number of hydrogen-bond donors (Lipinski definition) is 0. The van der Waals surface area contributed by atoms with Gasteiger partial charge in [0, 0.05) is 5.56 Å². The zero-order valence-corrected chi connectivity index (χ0v) is 17.1. The Hall–Kier alpha value is -1.86. The van der Waals surface area contributed by atoms with Crippen LogP contribution in [0.2, 0.25) is 0 Å². The highest BCUT2D eigenvalue weighted by Crippen LogP contribution is 2.54. The van der Waals surface area contributed by atoms with Gasteiger partial charge in [-0.2, -0.15) is 0 Å². The fourth-order valence-corrected chi connectivity index (χ4v) is 2.52. The molecule has 0 saturated carbocycles. The molecule has 7 nitrogen and oxygen atoms in total. The molecule has 0 spiro atoms. The van der Waals surface area contributed by atoms with Crippen molar-refractivity contribution in [3.8, 4) is 23.0 Å². The van der Waals surface area contributed by atoms with Crippen LogP contribution in [-0.2, 0) is 9.68 Å². The molecule has 0 aliphatic heterocycles. The summed E-state index contributed by atoms with van der Waals surface area (Å²) in [6.45, 7) is 16.1. The predicted molar refractivity (Wildman–Crippen MR) is 102 cm³/mol. The van der Waals surface area contributed by atoms with Crippen LogP contribution >= 0.6 is 0 Å². The zero-order chi connectivity index (χ0) is 19.5. The molecular weight excluding hydrogens is 338 g/mol. The molecule has 0 radical (unpaired) electrons. The topological polar surface area (TPSA) is 58.6 Å². The van der Waals surface area contributed by atoms with E-state index in [-0.39, 0.29) is 0 Å². The van der Waals surface area contributed by atoms with Crippen molar-refractivity contribution in [2.75, 3.05) is 44.9 Å². The first-order chi connectivity index (χ1) is 12.6. The Kier molecular flexibility index (Phi) is 9.98. The Morgan fingerprint density at radius 2 is 0.885 bits per heavy atom. The second kappa shape index (κ2) is 11.7. The second-order valence-corrected chi connectivity index (χ2v) is 5.11. The number of rotatable bonds is 13. The summed E-state index contributed by atoms with van der Waals surface area (Å²) in [5.41, 5.74) is 1.33. The summed E-state index contributed by atoms with van der Waals surface area (Å²) < 4.78 is 23.6. The zero-order valence-electron chi connectivity index (χ0n) is 17.1. The van der Waals surface area contributed by atoms with Crippen molar-refractivity contribution < 1.29 is 28.6 Å². The monoisotopic (exact) mass is 371 g/mol. The molecule has 26 heavy (non-hydrogen) atoms. The lowest BCUT2D eigenvalue weighted by molar-refractivity contribution is -0.0833. The molecule has 0 atom stereocenters. The maximum Gasteiger partial charge on any atom is 0.194 e. The minimum Gasteiger partial charge on any atom is -0.489 e. The SMILES string of the molecule is CCOc1c(C)c(OCC)c(OCC)c(N(OCC)OCC)c1OCC. The molecule has 0 aliphatic carbocycles. The third kappa shape index (κ3) is 5.08. The Morgan fingerprint density at radius 1 is 0.538 bits per heavy atom. The van der Waals surface area contributed by atoms with Gasteiger partial charge in [-0.25, -0.2) is 9.68 Å². The summed E-state index contributed by atoms with van der Waals surface area (Å²) in [6.07, 6.45) is 0. The van der Waals surface area contributed by atoms with E-state index in [1.165, 1.54) is 5.23 Å². The van der Waals surface area contributed by atoms with Crippen molar-refractivity contribution in [3.63, 3.8) is 0 Å². The van der Waals surface area contributed by atoms with E-state index in [0.29, 0.717) is 68.3 Å². The molecular formula is C19H33NO6. The standard InChI is InChI=1S/C19H33NO6/c1-8-21-16-14(7)17(22-9-2)19(24-11-4)15(18(16)23-10-3)20(25-12-5)26-13-6/h8-13H2,1-7H3. The van der Waals surface area contributed by atoms with Crippen LogP contribution in [0.5, 0.6) is 23.0 Å². The molecule has 0 fully saturated rings. The Bertz CT molecular complexity index is 506. The van der Waals surface area contributed by atoms with Crippen LogP contribution < -0.4 is 24.2 Å². The number of hydrogen-bond acceptors (Lipinski definition) is 7. The summed E-state index contributed by atoms with van der Waals surface area (Å²) >= 11 is 0. The Labute approximate surface area is 157 Å². The summed E-state index contributed by atoms with van der Waals surface area (Å²) in [5, 5.41) is 1.33. The number of ether oxygens (including phenoxy) is 4. The summed E-state index contributed by atoms with van der Waals surface area (Å²) in [6, 6.07) is 0. The van der Waals surface area contributed by atoms with E-state index < -0.39 is 0 Å². The third-order valence-electron chi connectivity index (χ3n) is 3.35. The van der Waals surface area contributed by atoms with E-state index in [0.717, 1.165) is 5.56 Å². The van der Waals surface area contributed by atoms with Crippen LogP contribution in [-0.4, -0.2) is 39.6 Å². The van der Waals surface area contributed by atoms with Crippen LogP contribution in [0.3, 0.4) is 0 Å². The molecule has 1 rings (SSSR count). The van der Waals surface area contributed by atoms with Crippen LogP contribution in [0.1, 0.15) is 47.1 Å². The summed E-state index contributed by atoms with van der Waals surface area (Å²) in [5.74, 6) is 2.22. The van der Waals surface area contributed by atoms with Gasteiger partial charge >= 0.3 is 0 Å². The molecule has 0 aromatic heterocycles. The molecule has 0 saturated heterocycles. The van der Waals surface area contributed by atoms with Gasteiger partial charge in [-0.15, -0.1) is 5.23 Å². The maximum absolute atomic E-state index is 5.93. The van der Waals surface area contributed by atoms with E-state index >= 15 is 0 Å². The number of benzene rings is 1. The molecule has 0 aliphatic rings. The van der Waals surface area contributed by atoms with E-state index in [1.54, 1.807) is 0 Å². The van der Waals surface area contributed by atoms with Gasteiger partial charge in [0.25, 0.3) is 0 Å². The minimum absolute atomic E-state index is 0.416. The highest BCUT2D eigenvalue weighted by molar-refractivity contribution is 5.78. The van der Waals surface area contributed by atoms with Crippen LogP contribution in [0, 0.1) is 6.92 Å². The largest absolute Gasteiger partial charge is 0.489 e. The van der Waals surface area contributed by atoms with Crippen molar-refractivity contribution in [2.45, 2.75) is 48.5 Å². The predicted octanol–water partition coefficient (Wildman–Crippen LogP) is 4.30. The van der Waals surface area contributed by atoms with E-state index in [1.807, 2.05) is 48.5 Å². The van der Waals surface area contributed by atoms with E-state index in [2.05, 4.69) is 0 Å². The molecule has 1 aromatic carbocycles. The highest BCUT2D eigenvalue weighted by Gasteiger charge is 2.31. The summed E-state index contributed by atoms with van der Waals surface area (Å²) in [4.78, 5) is 11.4. The van der Waals surface area contributed by atoms with Crippen molar-refractivity contribution in [1.82, 2.24) is 0 Å².